The number of rotatable bonds is 2. The van der Waals surface area contributed by atoms with Gasteiger partial charge in [0.15, 0.2) is 0 Å². The molecule has 0 spiro atoms. The first-order valence-electron chi connectivity index (χ1n) is 7.70. The zero-order valence-corrected chi connectivity index (χ0v) is 13.6. The fourth-order valence-corrected chi connectivity index (χ4v) is 3.47. The maximum atomic E-state index is 2.65. The molecule has 0 saturated carbocycles. The van der Waals surface area contributed by atoms with Crippen LogP contribution in [0, 0.1) is 40.5 Å². The smallest absolute Gasteiger partial charge is 0.0239 e. The average molecular weight is 259 g/mol. The third kappa shape index (κ3) is 2.86. The number of benzene rings is 1. The second kappa shape index (κ2) is 5.66. The van der Waals surface area contributed by atoms with Gasteiger partial charge in [-0.1, -0.05) is 6.92 Å². The minimum atomic E-state index is 0.863. The van der Waals surface area contributed by atoms with Gasteiger partial charge in [0.2, 0.25) is 0 Å². The highest BCUT2D eigenvalue weighted by Crippen LogP contribution is 2.28. The molecule has 0 radical (unpaired) electrons. The Balaban J connectivity index is 2.30. The van der Waals surface area contributed by atoms with Gasteiger partial charge in [0, 0.05) is 13.1 Å². The van der Waals surface area contributed by atoms with E-state index < -0.39 is 0 Å². The van der Waals surface area contributed by atoms with Crippen molar-refractivity contribution in [2.45, 2.75) is 60.9 Å². The molecule has 106 valence electrons. The summed E-state index contributed by atoms with van der Waals surface area (Å²) in [5, 5.41) is 0. The van der Waals surface area contributed by atoms with Crippen molar-refractivity contribution >= 4 is 0 Å². The molecular formula is C18H29N. The highest BCUT2D eigenvalue weighted by atomic mass is 15.1. The van der Waals surface area contributed by atoms with Gasteiger partial charge in [-0.05, 0) is 93.3 Å². The second-order valence-corrected chi connectivity index (χ2v) is 6.59. The highest BCUT2D eigenvalue weighted by Gasteiger charge is 2.19. The van der Waals surface area contributed by atoms with Gasteiger partial charge in [-0.3, -0.25) is 4.90 Å². The topological polar surface area (TPSA) is 3.24 Å². The largest absolute Gasteiger partial charge is 0.299 e. The lowest BCUT2D eigenvalue weighted by Gasteiger charge is -2.32. The van der Waals surface area contributed by atoms with Crippen LogP contribution in [0.25, 0.3) is 0 Å². The van der Waals surface area contributed by atoms with Crippen molar-refractivity contribution in [3.63, 3.8) is 0 Å². The summed E-state index contributed by atoms with van der Waals surface area (Å²) in [5.74, 6) is 0.863. The van der Waals surface area contributed by atoms with E-state index in [2.05, 4.69) is 46.4 Å². The molecule has 1 aromatic carbocycles. The van der Waals surface area contributed by atoms with Crippen LogP contribution in [-0.2, 0) is 6.54 Å². The number of hydrogen-bond donors (Lipinski definition) is 0. The number of hydrogen-bond acceptors (Lipinski definition) is 1. The number of piperidine rings is 1. The van der Waals surface area contributed by atoms with Gasteiger partial charge in [0.05, 0.1) is 0 Å². The molecular weight excluding hydrogens is 230 g/mol. The summed E-state index contributed by atoms with van der Waals surface area (Å²) in [4.78, 5) is 2.65. The Bertz CT molecular complexity index is 444. The molecule has 1 heterocycles. The highest BCUT2D eigenvalue weighted by molar-refractivity contribution is 5.49. The quantitative estimate of drug-likeness (QED) is 0.758. The Morgan fingerprint density at radius 1 is 0.895 bits per heavy atom. The van der Waals surface area contributed by atoms with Gasteiger partial charge >= 0.3 is 0 Å². The van der Waals surface area contributed by atoms with Crippen molar-refractivity contribution in [2.24, 2.45) is 5.92 Å². The molecule has 1 atom stereocenters. The van der Waals surface area contributed by atoms with Crippen LogP contribution in [0.5, 0.6) is 0 Å². The van der Waals surface area contributed by atoms with E-state index in [1.54, 1.807) is 5.56 Å². The van der Waals surface area contributed by atoms with Gasteiger partial charge < -0.3 is 0 Å². The fourth-order valence-electron chi connectivity index (χ4n) is 3.47. The van der Waals surface area contributed by atoms with Crippen molar-refractivity contribution in [1.29, 1.82) is 0 Å². The predicted molar refractivity (Wildman–Crippen MR) is 83.8 cm³/mol. The van der Waals surface area contributed by atoms with E-state index in [0.29, 0.717) is 0 Å². The lowest BCUT2D eigenvalue weighted by Crippen LogP contribution is -2.34. The summed E-state index contributed by atoms with van der Waals surface area (Å²) >= 11 is 0. The molecule has 1 heteroatoms. The van der Waals surface area contributed by atoms with Crippen LogP contribution in [0.3, 0.4) is 0 Å². The van der Waals surface area contributed by atoms with Gasteiger partial charge in [-0.2, -0.15) is 0 Å². The third-order valence-electron chi connectivity index (χ3n) is 5.28. The van der Waals surface area contributed by atoms with Crippen LogP contribution >= 0.6 is 0 Å². The lowest BCUT2D eigenvalue weighted by molar-refractivity contribution is 0.176. The van der Waals surface area contributed by atoms with Gasteiger partial charge in [0.25, 0.3) is 0 Å². The summed E-state index contributed by atoms with van der Waals surface area (Å²) in [6, 6.07) is 0. The van der Waals surface area contributed by atoms with E-state index in [1.165, 1.54) is 53.7 Å². The number of nitrogens with zero attached hydrogens (tertiary/aromatic N) is 1. The van der Waals surface area contributed by atoms with Crippen molar-refractivity contribution in [2.75, 3.05) is 13.1 Å². The van der Waals surface area contributed by atoms with Crippen molar-refractivity contribution in [1.82, 2.24) is 4.90 Å². The molecule has 0 aliphatic carbocycles. The SMILES string of the molecule is Cc1c(C)c(C)c(CN2CCC[C@@H](C)C2)c(C)c1C. The zero-order chi connectivity index (χ0) is 14.2. The monoisotopic (exact) mass is 259 g/mol. The maximum absolute atomic E-state index is 2.65. The van der Waals surface area contributed by atoms with Crippen molar-refractivity contribution in [3.8, 4) is 0 Å². The Labute approximate surface area is 119 Å². The molecule has 2 rings (SSSR count). The molecule has 1 aromatic rings. The van der Waals surface area contributed by atoms with Gasteiger partial charge in [-0.25, -0.2) is 0 Å². The fraction of sp³-hybridized carbons (Fsp3) is 0.667. The molecule has 0 bridgehead atoms. The molecule has 0 amide bonds. The Morgan fingerprint density at radius 2 is 1.42 bits per heavy atom. The normalized spacial score (nSPS) is 20.8. The molecule has 19 heavy (non-hydrogen) atoms. The molecule has 1 aliphatic heterocycles. The Hall–Kier alpha value is -0.820. The van der Waals surface area contributed by atoms with Gasteiger partial charge in [0.1, 0.15) is 0 Å². The molecule has 0 aromatic heterocycles. The number of likely N-dealkylation sites (tertiary alicyclic amines) is 1. The van der Waals surface area contributed by atoms with Crippen LogP contribution in [0.4, 0.5) is 0 Å². The summed E-state index contributed by atoms with van der Waals surface area (Å²) in [5.41, 5.74) is 9.06. The van der Waals surface area contributed by atoms with Crippen LogP contribution in [0.2, 0.25) is 0 Å². The third-order valence-corrected chi connectivity index (χ3v) is 5.28. The summed E-state index contributed by atoms with van der Waals surface area (Å²) < 4.78 is 0. The minimum absolute atomic E-state index is 0.863. The van der Waals surface area contributed by atoms with E-state index in [4.69, 9.17) is 0 Å². The van der Waals surface area contributed by atoms with E-state index >= 15 is 0 Å². The Kier molecular flexibility index (Phi) is 4.35. The molecule has 0 unspecified atom stereocenters. The van der Waals surface area contributed by atoms with E-state index in [9.17, 15) is 0 Å². The molecule has 1 fully saturated rings. The summed E-state index contributed by atoms with van der Waals surface area (Å²) in [6.07, 6.45) is 2.77. The van der Waals surface area contributed by atoms with Crippen LogP contribution < -0.4 is 0 Å². The van der Waals surface area contributed by atoms with E-state index in [1.807, 2.05) is 0 Å². The summed E-state index contributed by atoms with van der Waals surface area (Å²) in [6.45, 7) is 17.5. The molecule has 1 saturated heterocycles. The maximum Gasteiger partial charge on any atom is 0.0239 e. The zero-order valence-electron chi connectivity index (χ0n) is 13.6. The molecule has 0 N–H and O–H groups in total. The van der Waals surface area contributed by atoms with E-state index in [-0.39, 0.29) is 0 Å². The second-order valence-electron chi connectivity index (χ2n) is 6.59. The van der Waals surface area contributed by atoms with Crippen LogP contribution in [0.1, 0.15) is 53.1 Å². The first kappa shape index (κ1) is 14.6. The Morgan fingerprint density at radius 3 is 1.95 bits per heavy atom. The van der Waals surface area contributed by atoms with E-state index in [0.717, 1.165) is 12.5 Å². The van der Waals surface area contributed by atoms with Crippen molar-refractivity contribution in [3.05, 3.63) is 33.4 Å². The first-order valence-corrected chi connectivity index (χ1v) is 7.70. The van der Waals surface area contributed by atoms with Crippen molar-refractivity contribution < 1.29 is 0 Å². The minimum Gasteiger partial charge on any atom is -0.299 e. The van der Waals surface area contributed by atoms with Gasteiger partial charge in [-0.15, -0.1) is 0 Å². The van der Waals surface area contributed by atoms with Crippen LogP contribution in [0.15, 0.2) is 0 Å². The molecule has 1 nitrogen and oxygen atoms in total. The molecule has 1 aliphatic rings. The van der Waals surface area contributed by atoms with Crippen LogP contribution in [-0.4, -0.2) is 18.0 Å². The average Bonchev–Trinajstić information content (AvgIpc) is 2.39. The lowest BCUT2D eigenvalue weighted by atomic mass is 9.89. The predicted octanol–water partition coefficient (Wildman–Crippen LogP) is 4.46. The standard InChI is InChI=1S/C18H29N/c1-12-8-7-9-19(10-12)11-18-16(5)14(3)13(2)15(4)17(18)6/h12H,7-11H2,1-6H3/t12-/m1/s1. The summed E-state index contributed by atoms with van der Waals surface area (Å²) in [7, 11) is 0. The first-order chi connectivity index (χ1) is 8.91.